The van der Waals surface area contributed by atoms with Crippen molar-refractivity contribution >= 4 is 28.4 Å². The minimum Gasteiger partial charge on any atom is -1.00 e. The molecule has 2 unspecified atom stereocenters. The van der Waals surface area contributed by atoms with Crippen LogP contribution in [0.15, 0.2) is 29.3 Å². The number of hydrogen-bond acceptors (Lipinski definition) is 4. The van der Waals surface area contributed by atoms with Gasteiger partial charge in [0.1, 0.15) is 5.37 Å². The fourth-order valence-corrected chi connectivity index (χ4v) is 3.67. The molecule has 2 aliphatic heterocycles. The standard InChI is InChI=1S/C12H12N2O2S.BrH/c1-7-13-12(16)9-5-3-4-6-10(9)14(8(2)15)11(12)17-7;/h3-6,11,16H,1-2H3;1H/p-1. The van der Waals surface area contributed by atoms with E-state index in [9.17, 15) is 9.90 Å². The molecule has 0 radical (unpaired) electrons. The Bertz CT molecular complexity index is 549. The van der Waals surface area contributed by atoms with Crippen LogP contribution in [0.4, 0.5) is 5.69 Å². The van der Waals surface area contributed by atoms with Crippen molar-refractivity contribution in [2.75, 3.05) is 4.90 Å². The number of carbonyl (C=O) groups is 1. The number of benzene rings is 1. The third kappa shape index (κ3) is 1.63. The van der Waals surface area contributed by atoms with E-state index < -0.39 is 5.72 Å². The zero-order valence-electron chi connectivity index (χ0n) is 9.92. The fourth-order valence-electron chi connectivity index (χ4n) is 2.45. The Labute approximate surface area is 120 Å². The van der Waals surface area contributed by atoms with E-state index in [1.54, 1.807) is 4.90 Å². The number of rotatable bonds is 0. The smallest absolute Gasteiger partial charge is 0.225 e. The van der Waals surface area contributed by atoms with E-state index >= 15 is 0 Å². The molecule has 0 aliphatic carbocycles. The lowest BCUT2D eigenvalue weighted by molar-refractivity contribution is -0.117. The van der Waals surface area contributed by atoms with Crippen LogP contribution in [-0.2, 0) is 10.5 Å². The van der Waals surface area contributed by atoms with Crippen LogP contribution in [0.5, 0.6) is 0 Å². The van der Waals surface area contributed by atoms with Crippen molar-refractivity contribution in [3.05, 3.63) is 29.8 Å². The second-order valence-corrected chi connectivity index (χ2v) is 5.51. The fraction of sp³-hybridized carbons (Fsp3) is 0.333. The van der Waals surface area contributed by atoms with Gasteiger partial charge in [0.25, 0.3) is 0 Å². The monoisotopic (exact) mass is 327 g/mol. The highest BCUT2D eigenvalue weighted by atomic mass is 79.9. The number of thioether (sulfide) groups is 1. The second kappa shape index (κ2) is 4.36. The van der Waals surface area contributed by atoms with Crippen LogP contribution < -0.4 is 21.9 Å². The number of para-hydroxylation sites is 1. The third-order valence-corrected chi connectivity index (χ3v) is 4.28. The van der Waals surface area contributed by atoms with Crippen LogP contribution in [0.25, 0.3) is 0 Å². The maximum absolute atomic E-state index is 11.8. The molecule has 1 aromatic carbocycles. The first kappa shape index (κ1) is 13.6. The zero-order chi connectivity index (χ0) is 12.2. The quantitative estimate of drug-likeness (QED) is 0.644. The summed E-state index contributed by atoms with van der Waals surface area (Å²) >= 11 is 1.43. The molecule has 3 rings (SSSR count). The van der Waals surface area contributed by atoms with Gasteiger partial charge in [-0.3, -0.25) is 9.69 Å². The Morgan fingerprint density at radius 1 is 1.50 bits per heavy atom. The molecule has 0 saturated carbocycles. The lowest BCUT2D eigenvalue weighted by Gasteiger charge is -2.24. The number of carbonyl (C=O) groups excluding carboxylic acids is 1. The van der Waals surface area contributed by atoms with Gasteiger partial charge in [0, 0.05) is 12.5 Å². The minimum atomic E-state index is -1.28. The number of nitrogens with zero attached hydrogens (tertiary/aromatic N) is 2. The molecule has 2 atom stereocenters. The molecular formula is C12H12BrN2O2S-. The van der Waals surface area contributed by atoms with Gasteiger partial charge in [-0.05, 0) is 13.0 Å². The van der Waals surface area contributed by atoms with Crippen LogP contribution in [-0.4, -0.2) is 21.4 Å². The average Bonchev–Trinajstić information content (AvgIpc) is 2.66. The molecule has 2 aliphatic rings. The van der Waals surface area contributed by atoms with Crippen molar-refractivity contribution in [1.29, 1.82) is 0 Å². The van der Waals surface area contributed by atoms with Gasteiger partial charge >= 0.3 is 0 Å². The van der Waals surface area contributed by atoms with Gasteiger partial charge in [0.15, 0.2) is 0 Å². The van der Waals surface area contributed by atoms with E-state index in [0.29, 0.717) is 5.56 Å². The van der Waals surface area contributed by atoms with E-state index in [2.05, 4.69) is 4.99 Å². The zero-order valence-corrected chi connectivity index (χ0v) is 12.3. The number of anilines is 1. The van der Waals surface area contributed by atoms with Crippen LogP contribution in [0.1, 0.15) is 19.4 Å². The van der Waals surface area contributed by atoms with E-state index in [-0.39, 0.29) is 28.3 Å². The van der Waals surface area contributed by atoms with E-state index in [0.717, 1.165) is 10.7 Å². The van der Waals surface area contributed by atoms with Crippen molar-refractivity contribution in [2.45, 2.75) is 24.9 Å². The number of aliphatic hydroxyl groups is 1. The number of hydrogen-bond donors (Lipinski definition) is 1. The molecule has 1 N–H and O–H groups in total. The summed E-state index contributed by atoms with van der Waals surface area (Å²) in [5.41, 5.74) is 0.192. The second-order valence-electron chi connectivity index (χ2n) is 4.23. The summed E-state index contributed by atoms with van der Waals surface area (Å²) in [6.45, 7) is 3.36. The first-order valence-electron chi connectivity index (χ1n) is 5.39. The summed E-state index contributed by atoms with van der Waals surface area (Å²) in [7, 11) is 0. The molecular weight excluding hydrogens is 316 g/mol. The highest BCUT2D eigenvalue weighted by Crippen LogP contribution is 2.52. The van der Waals surface area contributed by atoms with Crippen molar-refractivity contribution in [3.8, 4) is 0 Å². The minimum absolute atomic E-state index is 0. The van der Waals surface area contributed by atoms with Gasteiger partial charge in [-0.1, -0.05) is 30.0 Å². The lowest BCUT2D eigenvalue weighted by atomic mass is 10.1. The van der Waals surface area contributed by atoms with Crippen LogP contribution >= 0.6 is 11.8 Å². The van der Waals surface area contributed by atoms with Gasteiger partial charge in [0.05, 0.1) is 10.7 Å². The number of fused-ring (bicyclic) bond motifs is 3. The summed E-state index contributed by atoms with van der Waals surface area (Å²) in [6, 6.07) is 7.39. The largest absolute Gasteiger partial charge is 1.00 e. The van der Waals surface area contributed by atoms with E-state index in [1.165, 1.54) is 18.7 Å². The van der Waals surface area contributed by atoms with Gasteiger partial charge in [0.2, 0.25) is 11.6 Å². The van der Waals surface area contributed by atoms with E-state index in [1.807, 2.05) is 31.2 Å². The Hall–Kier alpha value is -0.850. The normalized spacial score (nSPS) is 28.3. The predicted octanol–water partition coefficient (Wildman–Crippen LogP) is -1.31. The SMILES string of the molecule is CC(=O)N1c2ccccc2C2(O)N=C(C)SC12.[Br-]. The first-order valence-corrected chi connectivity index (χ1v) is 6.27. The predicted molar refractivity (Wildman–Crippen MR) is 68.0 cm³/mol. The molecule has 6 heteroatoms. The summed E-state index contributed by atoms with van der Waals surface area (Å²) < 4.78 is 0. The van der Waals surface area contributed by atoms with Crippen molar-refractivity contribution < 1.29 is 26.9 Å². The Morgan fingerprint density at radius 3 is 2.83 bits per heavy atom. The molecule has 0 aromatic heterocycles. The van der Waals surface area contributed by atoms with Crippen molar-refractivity contribution in [1.82, 2.24) is 0 Å². The van der Waals surface area contributed by atoms with Crippen LogP contribution in [0.3, 0.4) is 0 Å². The molecule has 4 nitrogen and oxygen atoms in total. The summed E-state index contributed by atoms with van der Waals surface area (Å²) in [6.07, 6.45) is 0. The summed E-state index contributed by atoms with van der Waals surface area (Å²) in [4.78, 5) is 17.7. The first-order chi connectivity index (χ1) is 8.04. The summed E-state index contributed by atoms with van der Waals surface area (Å²) in [5.74, 6) is -0.0734. The van der Waals surface area contributed by atoms with Gasteiger partial charge in [-0.25, -0.2) is 4.99 Å². The van der Waals surface area contributed by atoms with Crippen LogP contribution in [0, 0.1) is 0 Å². The highest BCUT2D eigenvalue weighted by molar-refractivity contribution is 8.14. The van der Waals surface area contributed by atoms with Gasteiger partial charge in [-0.15, -0.1) is 0 Å². The maximum Gasteiger partial charge on any atom is 0.225 e. The van der Waals surface area contributed by atoms with Gasteiger partial charge in [-0.2, -0.15) is 0 Å². The summed E-state index contributed by atoms with van der Waals surface area (Å²) in [5, 5.41) is 11.1. The van der Waals surface area contributed by atoms with E-state index in [4.69, 9.17) is 0 Å². The molecule has 1 aromatic rings. The van der Waals surface area contributed by atoms with Crippen LogP contribution in [0.2, 0.25) is 0 Å². The molecule has 0 bridgehead atoms. The molecule has 1 amide bonds. The molecule has 0 saturated heterocycles. The molecule has 18 heavy (non-hydrogen) atoms. The Balaban J connectivity index is 0.00000120. The topological polar surface area (TPSA) is 52.9 Å². The maximum atomic E-state index is 11.8. The van der Waals surface area contributed by atoms with Crippen molar-refractivity contribution in [3.63, 3.8) is 0 Å². The molecule has 96 valence electrons. The van der Waals surface area contributed by atoms with Crippen molar-refractivity contribution in [2.24, 2.45) is 4.99 Å². The molecule has 0 fully saturated rings. The third-order valence-electron chi connectivity index (χ3n) is 3.09. The average molecular weight is 328 g/mol. The van der Waals surface area contributed by atoms with Gasteiger partial charge < -0.3 is 22.1 Å². The lowest BCUT2D eigenvalue weighted by Crippen LogP contribution is -3.00. The number of aliphatic imine (C=N–C) groups is 1. The highest BCUT2D eigenvalue weighted by Gasteiger charge is 2.55. The number of halogens is 1. The molecule has 2 heterocycles. The Kier molecular flexibility index (Phi) is 3.29. The number of amides is 1. The Morgan fingerprint density at radius 2 is 2.17 bits per heavy atom. The molecule has 0 spiro atoms.